The van der Waals surface area contributed by atoms with Crippen molar-refractivity contribution in [3.8, 4) is 0 Å². The molecule has 0 spiro atoms. The number of amides is 1. The van der Waals surface area contributed by atoms with Crippen molar-refractivity contribution in [1.82, 2.24) is 10.2 Å². The van der Waals surface area contributed by atoms with Crippen LogP contribution in [0.3, 0.4) is 0 Å². The van der Waals surface area contributed by atoms with Crippen LogP contribution in [0.2, 0.25) is 0 Å². The lowest BCUT2D eigenvalue weighted by atomic mass is 9.93. The maximum absolute atomic E-state index is 12.4. The first-order chi connectivity index (χ1) is 10.6. The number of nitrogens with one attached hydrogen (secondary N) is 1. The van der Waals surface area contributed by atoms with Gasteiger partial charge in [-0.05, 0) is 38.0 Å². The number of nitrogens with zero attached hydrogens (tertiary/aromatic N) is 1. The largest absolute Gasteiger partial charge is 0.378 e. The van der Waals surface area contributed by atoms with Gasteiger partial charge in [0, 0.05) is 38.7 Å². The van der Waals surface area contributed by atoms with E-state index in [4.69, 9.17) is 4.74 Å². The summed E-state index contributed by atoms with van der Waals surface area (Å²) in [6.07, 6.45) is 7.03. The molecule has 2 fully saturated rings. The van der Waals surface area contributed by atoms with Crippen LogP contribution >= 0.6 is 0 Å². The first-order valence-corrected chi connectivity index (χ1v) is 9.20. The van der Waals surface area contributed by atoms with Crippen LogP contribution in [-0.2, 0) is 9.53 Å². The van der Waals surface area contributed by atoms with Crippen LogP contribution in [0.25, 0.3) is 0 Å². The van der Waals surface area contributed by atoms with Gasteiger partial charge in [-0.25, -0.2) is 0 Å². The highest BCUT2D eigenvalue weighted by Crippen LogP contribution is 2.26. The average molecular weight is 310 g/mol. The zero-order valence-electron chi connectivity index (χ0n) is 14.6. The van der Waals surface area contributed by atoms with E-state index in [1.54, 1.807) is 0 Å². The Morgan fingerprint density at radius 1 is 1.18 bits per heavy atom. The summed E-state index contributed by atoms with van der Waals surface area (Å²) in [6.45, 7) is 10.4. The molecule has 128 valence electrons. The monoisotopic (exact) mass is 310 g/mol. The van der Waals surface area contributed by atoms with Gasteiger partial charge in [0.15, 0.2) is 0 Å². The molecular formula is C18H34N2O2. The third-order valence-electron chi connectivity index (χ3n) is 5.09. The van der Waals surface area contributed by atoms with Gasteiger partial charge in [-0.1, -0.05) is 26.7 Å². The number of rotatable bonds is 6. The third kappa shape index (κ3) is 5.24. The number of carbonyl (C=O) groups excluding carboxylic acids is 1. The molecule has 2 saturated heterocycles. The minimum atomic E-state index is 0.254. The Kier molecular flexibility index (Phi) is 7.16. The van der Waals surface area contributed by atoms with Gasteiger partial charge in [0.25, 0.3) is 0 Å². The molecule has 0 aliphatic carbocycles. The van der Waals surface area contributed by atoms with E-state index in [2.05, 4.69) is 31.0 Å². The van der Waals surface area contributed by atoms with Crippen molar-refractivity contribution in [2.45, 2.75) is 71.4 Å². The third-order valence-corrected chi connectivity index (χ3v) is 5.09. The molecule has 22 heavy (non-hydrogen) atoms. The normalized spacial score (nSPS) is 27.9. The summed E-state index contributed by atoms with van der Waals surface area (Å²) in [4.78, 5) is 14.5. The highest BCUT2D eigenvalue weighted by Gasteiger charge is 2.30. The van der Waals surface area contributed by atoms with Gasteiger partial charge < -0.3 is 15.0 Å². The van der Waals surface area contributed by atoms with E-state index in [-0.39, 0.29) is 6.04 Å². The quantitative estimate of drug-likeness (QED) is 0.820. The molecule has 1 amide bonds. The lowest BCUT2D eigenvalue weighted by molar-refractivity contribution is -0.131. The summed E-state index contributed by atoms with van der Waals surface area (Å²) in [7, 11) is 0. The molecule has 1 N–H and O–H groups in total. The lowest BCUT2D eigenvalue weighted by Gasteiger charge is -2.25. The van der Waals surface area contributed by atoms with Crippen LogP contribution in [0.4, 0.5) is 0 Å². The molecule has 4 heteroatoms. The summed E-state index contributed by atoms with van der Waals surface area (Å²) in [5, 5.41) is 3.57. The van der Waals surface area contributed by atoms with Gasteiger partial charge in [-0.3, -0.25) is 4.79 Å². The summed E-state index contributed by atoms with van der Waals surface area (Å²) < 4.78 is 5.83. The predicted molar refractivity (Wildman–Crippen MR) is 89.8 cm³/mol. The van der Waals surface area contributed by atoms with Crippen LogP contribution in [0.1, 0.15) is 59.3 Å². The van der Waals surface area contributed by atoms with Gasteiger partial charge >= 0.3 is 0 Å². The molecule has 4 nitrogen and oxygen atoms in total. The first-order valence-electron chi connectivity index (χ1n) is 9.20. The van der Waals surface area contributed by atoms with E-state index >= 15 is 0 Å². The Hall–Kier alpha value is -0.610. The fourth-order valence-electron chi connectivity index (χ4n) is 3.75. The van der Waals surface area contributed by atoms with Gasteiger partial charge in [0.05, 0.1) is 6.10 Å². The van der Waals surface area contributed by atoms with Gasteiger partial charge in [-0.2, -0.15) is 0 Å². The Bertz CT molecular complexity index is 338. The molecule has 0 aromatic carbocycles. The highest BCUT2D eigenvalue weighted by atomic mass is 16.5. The summed E-state index contributed by atoms with van der Waals surface area (Å²) in [5.74, 6) is 1.49. The maximum Gasteiger partial charge on any atom is 0.224 e. The van der Waals surface area contributed by atoms with Crippen LogP contribution < -0.4 is 5.32 Å². The highest BCUT2D eigenvalue weighted by molar-refractivity contribution is 5.76. The molecule has 0 radical (unpaired) electrons. The Morgan fingerprint density at radius 3 is 2.50 bits per heavy atom. The fourth-order valence-corrected chi connectivity index (χ4v) is 3.75. The molecule has 0 aromatic rings. The van der Waals surface area contributed by atoms with Crippen molar-refractivity contribution in [1.29, 1.82) is 0 Å². The zero-order chi connectivity index (χ0) is 15.9. The Labute approximate surface area is 136 Å². The molecule has 3 atom stereocenters. The Balaban J connectivity index is 1.70. The summed E-state index contributed by atoms with van der Waals surface area (Å²) in [5.41, 5.74) is 0. The van der Waals surface area contributed by atoms with Crippen LogP contribution in [0.15, 0.2) is 0 Å². The molecule has 0 aromatic heterocycles. The van der Waals surface area contributed by atoms with Crippen LogP contribution in [0, 0.1) is 11.8 Å². The standard InChI is InChI=1S/C18H34N2O2/c1-14(2)18-16(8-11-22-18)13-19-15(3)12-17(21)20-9-6-4-5-7-10-20/h14-16,18-19H,4-13H2,1-3H3/t15-,16-,18-/m1/s1. The number of ether oxygens (including phenoxy) is 1. The lowest BCUT2D eigenvalue weighted by Crippen LogP contribution is -2.40. The van der Waals surface area contributed by atoms with Gasteiger partial charge in [-0.15, -0.1) is 0 Å². The first kappa shape index (κ1) is 17.7. The molecule has 2 aliphatic rings. The van der Waals surface area contributed by atoms with Crippen molar-refractivity contribution in [2.24, 2.45) is 11.8 Å². The SMILES string of the molecule is CC(C)[C@H]1OCC[C@@H]1CN[C@H](C)CC(=O)N1CCCCCC1. The van der Waals surface area contributed by atoms with Crippen molar-refractivity contribution < 1.29 is 9.53 Å². The summed E-state index contributed by atoms with van der Waals surface area (Å²) >= 11 is 0. The number of hydrogen-bond donors (Lipinski definition) is 1. The molecular weight excluding hydrogens is 276 g/mol. The smallest absolute Gasteiger partial charge is 0.224 e. The zero-order valence-corrected chi connectivity index (χ0v) is 14.6. The van der Waals surface area contributed by atoms with E-state index in [1.807, 2.05) is 0 Å². The molecule has 2 heterocycles. The average Bonchev–Trinajstić information content (AvgIpc) is 2.78. The van der Waals surface area contributed by atoms with Crippen LogP contribution in [0.5, 0.6) is 0 Å². The van der Waals surface area contributed by atoms with E-state index in [9.17, 15) is 4.79 Å². The molecule has 0 bridgehead atoms. The van der Waals surface area contributed by atoms with Crippen LogP contribution in [-0.4, -0.2) is 49.2 Å². The molecule has 0 saturated carbocycles. The minimum absolute atomic E-state index is 0.254. The van der Waals surface area contributed by atoms with Crippen molar-refractivity contribution in [3.05, 3.63) is 0 Å². The Morgan fingerprint density at radius 2 is 1.86 bits per heavy atom. The van der Waals surface area contributed by atoms with Crippen molar-refractivity contribution in [2.75, 3.05) is 26.2 Å². The van der Waals surface area contributed by atoms with E-state index in [1.165, 1.54) is 25.7 Å². The fraction of sp³-hybridized carbons (Fsp3) is 0.944. The summed E-state index contributed by atoms with van der Waals surface area (Å²) in [6, 6.07) is 0.254. The van der Waals surface area contributed by atoms with E-state index in [0.29, 0.717) is 30.3 Å². The van der Waals surface area contributed by atoms with Crippen molar-refractivity contribution >= 4 is 5.91 Å². The number of hydrogen-bond acceptors (Lipinski definition) is 3. The van der Waals surface area contributed by atoms with Gasteiger partial charge in [0.2, 0.25) is 5.91 Å². The topological polar surface area (TPSA) is 41.6 Å². The van der Waals surface area contributed by atoms with E-state index < -0.39 is 0 Å². The maximum atomic E-state index is 12.4. The number of likely N-dealkylation sites (tertiary alicyclic amines) is 1. The second kappa shape index (κ2) is 8.88. The van der Waals surface area contributed by atoms with Gasteiger partial charge in [0.1, 0.15) is 0 Å². The van der Waals surface area contributed by atoms with E-state index in [0.717, 1.165) is 32.7 Å². The predicted octanol–water partition coefficient (Wildman–Crippen LogP) is 2.82. The molecule has 2 aliphatic heterocycles. The molecule has 0 unspecified atom stereocenters. The van der Waals surface area contributed by atoms with Crippen molar-refractivity contribution in [3.63, 3.8) is 0 Å². The number of carbonyl (C=O) groups is 1. The minimum Gasteiger partial charge on any atom is -0.378 e. The second-order valence-corrected chi connectivity index (χ2v) is 7.44. The molecule has 2 rings (SSSR count). The second-order valence-electron chi connectivity index (χ2n) is 7.44.